The second kappa shape index (κ2) is 3.99. The first kappa shape index (κ1) is 9.65. The third kappa shape index (κ3) is 2.25. The van der Waals surface area contributed by atoms with Gasteiger partial charge in [-0.25, -0.2) is 0 Å². The fourth-order valence-electron chi connectivity index (χ4n) is 1.16. The van der Waals surface area contributed by atoms with Crippen LogP contribution in [-0.2, 0) is 0 Å². The van der Waals surface area contributed by atoms with Crippen molar-refractivity contribution < 1.29 is 4.79 Å². The molecule has 0 saturated heterocycles. The highest BCUT2D eigenvalue weighted by Gasteiger charge is 2.01. The number of benzene rings is 1. The SMILES string of the molecule is C/C=N/c1ccc(C(C)=O)cc1C. The Balaban J connectivity index is 3.12. The molecule has 0 aliphatic carbocycles. The second-order valence-electron chi connectivity index (χ2n) is 2.94. The minimum Gasteiger partial charge on any atom is -0.295 e. The molecule has 0 amide bonds. The molecule has 0 aliphatic rings. The molecule has 1 aromatic rings. The van der Waals surface area contributed by atoms with Crippen LogP contribution in [0.4, 0.5) is 5.69 Å². The molecule has 0 radical (unpaired) electrons. The minimum absolute atomic E-state index is 0.0927. The summed E-state index contributed by atoms with van der Waals surface area (Å²) >= 11 is 0. The second-order valence-corrected chi connectivity index (χ2v) is 2.94. The highest BCUT2D eigenvalue weighted by Crippen LogP contribution is 2.19. The van der Waals surface area contributed by atoms with Crippen molar-refractivity contribution >= 4 is 17.7 Å². The van der Waals surface area contributed by atoms with Crippen LogP contribution in [0.25, 0.3) is 0 Å². The van der Waals surface area contributed by atoms with Crippen LogP contribution < -0.4 is 0 Å². The maximum atomic E-state index is 11.0. The quantitative estimate of drug-likeness (QED) is 0.502. The fraction of sp³-hybridized carbons (Fsp3) is 0.273. The van der Waals surface area contributed by atoms with Crippen molar-refractivity contribution in [2.75, 3.05) is 0 Å². The van der Waals surface area contributed by atoms with Gasteiger partial charge in [-0.05, 0) is 44.5 Å². The van der Waals surface area contributed by atoms with Crippen LogP contribution in [0.1, 0.15) is 29.8 Å². The van der Waals surface area contributed by atoms with Crippen molar-refractivity contribution in [3.8, 4) is 0 Å². The van der Waals surface area contributed by atoms with Crippen LogP contribution in [0.15, 0.2) is 23.2 Å². The monoisotopic (exact) mass is 175 g/mol. The molecule has 0 aromatic heterocycles. The molecule has 0 saturated carbocycles. The van der Waals surface area contributed by atoms with Gasteiger partial charge in [-0.15, -0.1) is 0 Å². The molecule has 0 N–H and O–H groups in total. The largest absolute Gasteiger partial charge is 0.295 e. The number of aliphatic imine (C=N–C) groups is 1. The maximum absolute atomic E-state index is 11.0. The van der Waals surface area contributed by atoms with E-state index in [1.54, 1.807) is 19.2 Å². The first-order valence-electron chi connectivity index (χ1n) is 4.25. The third-order valence-corrected chi connectivity index (χ3v) is 1.87. The molecule has 0 bridgehead atoms. The molecule has 13 heavy (non-hydrogen) atoms. The maximum Gasteiger partial charge on any atom is 0.159 e. The molecule has 0 atom stereocenters. The number of aryl methyl sites for hydroxylation is 1. The molecule has 1 rings (SSSR count). The molecular weight excluding hydrogens is 162 g/mol. The summed E-state index contributed by atoms with van der Waals surface area (Å²) in [5.74, 6) is 0.0927. The number of carbonyl (C=O) groups is 1. The van der Waals surface area contributed by atoms with Gasteiger partial charge in [-0.2, -0.15) is 0 Å². The van der Waals surface area contributed by atoms with Gasteiger partial charge in [-0.1, -0.05) is 0 Å². The molecule has 0 unspecified atom stereocenters. The van der Waals surface area contributed by atoms with Crippen LogP contribution in [-0.4, -0.2) is 12.0 Å². The van der Waals surface area contributed by atoms with Crippen LogP contribution in [0.3, 0.4) is 0 Å². The molecule has 0 aliphatic heterocycles. The van der Waals surface area contributed by atoms with E-state index < -0.39 is 0 Å². The van der Waals surface area contributed by atoms with Crippen LogP contribution in [0, 0.1) is 6.92 Å². The van der Waals surface area contributed by atoms with Crippen LogP contribution in [0.2, 0.25) is 0 Å². The summed E-state index contributed by atoms with van der Waals surface area (Å²) in [6.45, 7) is 5.39. The van der Waals surface area contributed by atoms with Crippen molar-refractivity contribution in [2.45, 2.75) is 20.8 Å². The zero-order valence-corrected chi connectivity index (χ0v) is 8.16. The smallest absolute Gasteiger partial charge is 0.159 e. The highest BCUT2D eigenvalue weighted by molar-refractivity contribution is 5.94. The van der Waals surface area contributed by atoms with E-state index in [2.05, 4.69) is 4.99 Å². The normalized spacial score (nSPS) is 10.7. The minimum atomic E-state index is 0.0927. The van der Waals surface area contributed by atoms with Gasteiger partial charge >= 0.3 is 0 Å². The van der Waals surface area contributed by atoms with E-state index in [1.807, 2.05) is 26.0 Å². The summed E-state index contributed by atoms with van der Waals surface area (Å²) in [5, 5.41) is 0. The first-order valence-corrected chi connectivity index (χ1v) is 4.25. The lowest BCUT2D eigenvalue weighted by Gasteiger charge is -2.01. The first-order chi connectivity index (χ1) is 6.15. The van der Waals surface area contributed by atoms with E-state index in [0.29, 0.717) is 0 Å². The standard InChI is InChI=1S/C11H13NO/c1-4-12-11-6-5-10(9(3)13)7-8(11)2/h4-7H,1-3H3/b12-4+. The third-order valence-electron chi connectivity index (χ3n) is 1.87. The number of ketones is 1. The Bertz CT molecular complexity index is 353. The lowest BCUT2D eigenvalue weighted by Crippen LogP contribution is -1.91. The van der Waals surface area contributed by atoms with Gasteiger partial charge in [0.1, 0.15) is 0 Å². The van der Waals surface area contributed by atoms with Gasteiger partial charge in [0.15, 0.2) is 5.78 Å². The van der Waals surface area contributed by atoms with Gasteiger partial charge < -0.3 is 0 Å². The van der Waals surface area contributed by atoms with Crippen LogP contribution in [0.5, 0.6) is 0 Å². The predicted molar refractivity (Wildman–Crippen MR) is 55.0 cm³/mol. The van der Waals surface area contributed by atoms with E-state index in [9.17, 15) is 4.79 Å². The Kier molecular flexibility index (Phi) is 2.96. The number of hydrogen-bond donors (Lipinski definition) is 0. The van der Waals surface area contributed by atoms with E-state index in [-0.39, 0.29) is 5.78 Å². The van der Waals surface area contributed by atoms with Gasteiger partial charge in [0.05, 0.1) is 5.69 Å². The van der Waals surface area contributed by atoms with Crippen molar-refractivity contribution in [1.82, 2.24) is 0 Å². The molecule has 68 valence electrons. The molecule has 0 spiro atoms. The highest BCUT2D eigenvalue weighted by atomic mass is 16.1. The summed E-state index contributed by atoms with van der Waals surface area (Å²) in [4.78, 5) is 15.2. The summed E-state index contributed by atoms with van der Waals surface area (Å²) in [6.07, 6.45) is 1.75. The number of Topliss-reactive ketones (excluding diaryl/α,β-unsaturated/α-hetero) is 1. The molecule has 2 heteroatoms. The van der Waals surface area contributed by atoms with Gasteiger partial charge in [0.25, 0.3) is 0 Å². The molecule has 0 heterocycles. The van der Waals surface area contributed by atoms with E-state index in [4.69, 9.17) is 0 Å². The lowest BCUT2D eigenvalue weighted by atomic mass is 10.1. The van der Waals surface area contributed by atoms with Crippen molar-refractivity contribution in [3.05, 3.63) is 29.3 Å². The zero-order valence-electron chi connectivity index (χ0n) is 8.16. The van der Waals surface area contributed by atoms with Crippen molar-refractivity contribution in [1.29, 1.82) is 0 Å². The number of carbonyl (C=O) groups excluding carboxylic acids is 1. The van der Waals surface area contributed by atoms with Crippen LogP contribution >= 0.6 is 0 Å². The van der Waals surface area contributed by atoms with Crippen molar-refractivity contribution in [2.24, 2.45) is 4.99 Å². The average Bonchev–Trinajstić information content (AvgIpc) is 2.08. The predicted octanol–water partition coefficient (Wildman–Crippen LogP) is 2.92. The molecule has 0 fully saturated rings. The van der Waals surface area contributed by atoms with E-state index in [0.717, 1.165) is 16.8 Å². The van der Waals surface area contributed by atoms with E-state index >= 15 is 0 Å². The molecular formula is C11H13NO. The Morgan fingerprint density at radius 3 is 2.62 bits per heavy atom. The fourth-order valence-corrected chi connectivity index (χ4v) is 1.16. The van der Waals surface area contributed by atoms with Gasteiger partial charge in [0.2, 0.25) is 0 Å². The average molecular weight is 175 g/mol. The van der Waals surface area contributed by atoms with Gasteiger partial charge in [-0.3, -0.25) is 9.79 Å². The Morgan fingerprint density at radius 1 is 1.46 bits per heavy atom. The Labute approximate surface area is 78.3 Å². The Morgan fingerprint density at radius 2 is 2.15 bits per heavy atom. The van der Waals surface area contributed by atoms with Crippen molar-refractivity contribution in [3.63, 3.8) is 0 Å². The number of rotatable bonds is 2. The summed E-state index contributed by atoms with van der Waals surface area (Å²) < 4.78 is 0. The molecule has 1 aromatic carbocycles. The zero-order chi connectivity index (χ0) is 9.84. The Hall–Kier alpha value is -1.44. The topological polar surface area (TPSA) is 29.4 Å². The molecule has 2 nitrogen and oxygen atoms in total. The summed E-state index contributed by atoms with van der Waals surface area (Å²) in [6, 6.07) is 5.54. The summed E-state index contributed by atoms with van der Waals surface area (Å²) in [5.41, 5.74) is 2.70. The van der Waals surface area contributed by atoms with E-state index in [1.165, 1.54) is 0 Å². The summed E-state index contributed by atoms with van der Waals surface area (Å²) in [7, 11) is 0. The number of hydrogen-bond acceptors (Lipinski definition) is 2. The number of nitrogens with zero attached hydrogens (tertiary/aromatic N) is 1. The lowest BCUT2D eigenvalue weighted by molar-refractivity contribution is 0.101. The van der Waals surface area contributed by atoms with Gasteiger partial charge in [0, 0.05) is 11.8 Å².